The van der Waals surface area contributed by atoms with E-state index in [9.17, 15) is 9.59 Å². The van der Waals surface area contributed by atoms with Crippen molar-refractivity contribution in [3.8, 4) is 5.75 Å². The molecule has 0 saturated carbocycles. The second kappa shape index (κ2) is 11.4. The summed E-state index contributed by atoms with van der Waals surface area (Å²) in [5, 5.41) is 4.90. The zero-order chi connectivity index (χ0) is 23.8. The minimum Gasteiger partial charge on any atom is -0.497 e. The van der Waals surface area contributed by atoms with E-state index >= 15 is 0 Å². The number of ether oxygens (including phenoxy) is 2. The minimum atomic E-state index is -0.569. The predicted molar refractivity (Wildman–Crippen MR) is 126 cm³/mol. The van der Waals surface area contributed by atoms with Crippen LogP contribution in [-0.2, 0) is 14.4 Å². The molecule has 7 nitrogen and oxygen atoms in total. The number of nitrogens with one attached hydrogen (secondary N) is 1. The Morgan fingerprint density at radius 1 is 1.06 bits per heavy atom. The molecule has 7 heteroatoms. The van der Waals surface area contributed by atoms with Gasteiger partial charge in [0.25, 0.3) is 0 Å². The Labute approximate surface area is 196 Å². The van der Waals surface area contributed by atoms with Gasteiger partial charge in [0, 0.05) is 5.56 Å². The molecule has 0 amide bonds. The molecule has 1 heterocycles. The molecule has 33 heavy (non-hydrogen) atoms. The summed E-state index contributed by atoms with van der Waals surface area (Å²) in [6.07, 6.45) is 1.97. The van der Waals surface area contributed by atoms with E-state index < -0.39 is 11.6 Å². The molecule has 3 atom stereocenters. The van der Waals surface area contributed by atoms with E-state index in [0.717, 1.165) is 24.2 Å². The Hall–Kier alpha value is -2.74. The molecule has 0 spiro atoms. The molecule has 1 N–H and O–H groups in total. The number of ketones is 1. The minimum absolute atomic E-state index is 0.0713. The average Bonchev–Trinajstić information content (AvgIpc) is 3.58. The Morgan fingerprint density at radius 2 is 1.76 bits per heavy atom. The molecule has 0 aliphatic carbocycles. The lowest BCUT2D eigenvalue weighted by Crippen LogP contribution is -2.36. The second-order valence-electron chi connectivity index (χ2n) is 9.10. The first-order chi connectivity index (χ1) is 15.8. The number of esters is 1. The fraction of sp³-hybridized carbons (Fsp3) is 0.462. The Balaban J connectivity index is 1.48. The van der Waals surface area contributed by atoms with Crippen LogP contribution >= 0.6 is 0 Å². The van der Waals surface area contributed by atoms with Crippen LogP contribution in [0.2, 0.25) is 0 Å². The number of hydrogen-bond donors (Lipinski definition) is 1. The highest BCUT2D eigenvalue weighted by Gasteiger charge is 2.47. The number of rotatable bonds is 12. The van der Waals surface area contributed by atoms with Crippen molar-refractivity contribution in [1.82, 2.24) is 10.4 Å². The summed E-state index contributed by atoms with van der Waals surface area (Å²) in [5.41, 5.74) is 1.10. The highest BCUT2D eigenvalue weighted by molar-refractivity contribution is 5.97. The third kappa shape index (κ3) is 7.67. The first-order valence-corrected chi connectivity index (χ1v) is 11.4. The highest BCUT2D eigenvalue weighted by atomic mass is 16.8. The van der Waals surface area contributed by atoms with Crippen LogP contribution in [0.25, 0.3) is 0 Å². The van der Waals surface area contributed by atoms with Crippen LogP contribution in [0.1, 0.15) is 62.2 Å². The van der Waals surface area contributed by atoms with E-state index in [-0.39, 0.29) is 18.0 Å². The van der Waals surface area contributed by atoms with Crippen molar-refractivity contribution in [2.45, 2.75) is 57.9 Å². The molecule has 1 aliphatic heterocycles. The molecule has 0 aromatic heterocycles. The van der Waals surface area contributed by atoms with Gasteiger partial charge in [-0.15, -0.1) is 5.06 Å². The fourth-order valence-electron chi connectivity index (χ4n) is 3.54. The summed E-state index contributed by atoms with van der Waals surface area (Å²) in [7, 11) is 1.62. The maximum Gasteiger partial charge on any atom is 0.326 e. The van der Waals surface area contributed by atoms with Gasteiger partial charge in [-0.25, -0.2) is 0 Å². The predicted octanol–water partition coefficient (Wildman–Crippen LogP) is 4.29. The molecule has 1 aliphatic rings. The zero-order valence-corrected chi connectivity index (χ0v) is 19.9. The smallest absolute Gasteiger partial charge is 0.326 e. The maximum absolute atomic E-state index is 12.9. The van der Waals surface area contributed by atoms with Crippen molar-refractivity contribution in [2.24, 2.45) is 0 Å². The molecular weight excluding hydrogens is 420 g/mol. The molecule has 3 rings (SSSR count). The first kappa shape index (κ1) is 24.9. The summed E-state index contributed by atoms with van der Waals surface area (Å²) in [6, 6.07) is 16.4. The maximum atomic E-state index is 12.9. The topological polar surface area (TPSA) is 80.2 Å². The third-order valence-corrected chi connectivity index (χ3v) is 5.26. The van der Waals surface area contributed by atoms with Crippen molar-refractivity contribution in [2.75, 3.05) is 20.2 Å². The number of carbonyl (C=O) groups excluding carboxylic acids is 2. The number of methoxy groups -OCH3 is 1. The first-order valence-electron chi connectivity index (χ1n) is 11.4. The monoisotopic (exact) mass is 454 g/mol. The van der Waals surface area contributed by atoms with Crippen LogP contribution in [0.4, 0.5) is 0 Å². The van der Waals surface area contributed by atoms with Crippen LogP contribution in [-0.4, -0.2) is 48.7 Å². The molecule has 2 aromatic rings. The molecule has 1 fully saturated rings. The number of unbranched alkanes of at least 4 members (excludes halogenated alkanes) is 1. The van der Waals surface area contributed by atoms with Crippen molar-refractivity contribution >= 4 is 11.8 Å². The Bertz CT molecular complexity index is 909. The standard InChI is InChI=1S/C26H34N2O5/c1-26(2,3)32-25(30)22(28-24(33-28)20-13-15-21(31-4)16-14-20)12-8-9-17-27-18-23(29)19-10-6-5-7-11-19/h5-7,10-11,13-16,22,24,27H,8-9,12,17-18H2,1-4H3/t22-,24?,28?/m0/s1. The van der Waals surface area contributed by atoms with Crippen LogP contribution in [0.5, 0.6) is 5.75 Å². The van der Waals surface area contributed by atoms with Crippen molar-refractivity contribution < 1.29 is 23.9 Å². The molecule has 2 unspecified atom stereocenters. The number of nitrogens with zero attached hydrogens (tertiary/aromatic N) is 1. The van der Waals surface area contributed by atoms with E-state index in [0.29, 0.717) is 25.1 Å². The molecule has 0 radical (unpaired) electrons. The molecular formula is C26H34N2O5. The summed E-state index contributed by atoms with van der Waals surface area (Å²) >= 11 is 0. The lowest BCUT2D eigenvalue weighted by Gasteiger charge is -2.23. The van der Waals surface area contributed by atoms with Gasteiger partial charge in [0.1, 0.15) is 17.4 Å². The van der Waals surface area contributed by atoms with E-state index in [1.165, 1.54) is 0 Å². The molecule has 178 valence electrons. The molecule has 0 bridgehead atoms. The normalized spacial score (nSPS) is 18.4. The lowest BCUT2D eigenvalue weighted by atomic mass is 10.1. The average molecular weight is 455 g/mol. The van der Waals surface area contributed by atoms with Crippen molar-refractivity contribution in [1.29, 1.82) is 0 Å². The Morgan fingerprint density at radius 3 is 2.39 bits per heavy atom. The SMILES string of the molecule is COc1ccc(C2ON2[C@@H](CCCCNCC(=O)c2ccccc2)C(=O)OC(C)(C)C)cc1. The number of benzene rings is 2. The summed E-state index contributed by atoms with van der Waals surface area (Å²) in [4.78, 5) is 30.8. The van der Waals surface area contributed by atoms with E-state index in [4.69, 9.17) is 14.3 Å². The van der Waals surface area contributed by atoms with Gasteiger partial charge in [0.05, 0.1) is 13.7 Å². The Kier molecular flexibility index (Phi) is 8.61. The van der Waals surface area contributed by atoms with Gasteiger partial charge < -0.3 is 14.8 Å². The fourth-order valence-corrected chi connectivity index (χ4v) is 3.54. The quantitative estimate of drug-likeness (QED) is 0.222. The van der Waals surface area contributed by atoms with Crippen LogP contribution in [0.3, 0.4) is 0 Å². The van der Waals surface area contributed by atoms with Crippen molar-refractivity contribution in [3.05, 3.63) is 65.7 Å². The van der Waals surface area contributed by atoms with Gasteiger partial charge >= 0.3 is 5.97 Å². The zero-order valence-electron chi connectivity index (χ0n) is 19.9. The van der Waals surface area contributed by atoms with Crippen LogP contribution in [0, 0.1) is 0 Å². The third-order valence-electron chi connectivity index (χ3n) is 5.26. The van der Waals surface area contributed by atoms with Gasteiger partial charge in [-0.05, 0) is 64.3 Å². The number of hydrogen-bond acceptors (Lipinski definition) is 7. The number of Topliss-reactive ketones (excluding diaryl/α,β-unsaturated/α-hetero) is 1. The highest BCUT2D eigenvalue weighted by Crippen LogP contribution is 2.41. The largest absolute Gasteiger partial charge is 0.497 e. The number of hydroxylamine groups is 2. The van der Waals surface area contributed by atoms with Crippen LogP contribution < -0.4 is 10.1 Å². The van der Waals surface area contributed by atoms with Gasteiger partial charge in [0.15, 0.2) is 12.0 Å². The van der Waals surface area contributed by atoms with Gasteiger partial charge in [-0.1, -0.05) is 42.5 Å². The van der Waals surface area contributed by atoms with Gasteiger partial charge in [0.2, 0.25) is 0 Å². The molecule has 1 saturated heterocycles. The molecule has 2 aromatic carbocycles. The second-order valence-corrected chi connectivity index (χ2v) is 9.10. The number of carbonyl (C=O) groups is 2. The van der Waals surface area contributed by atoms with E-state index in [2.05, 4.69) is 5.32 Å². The van der Waals surface area contributed by atoms with E-state index in [1.54, 1.807) is 12.2 Å². The lowest BCUT2D eigenvalue weighted by molar-refractivity contribution is -0.162. The summed E-state index contributed by atoms with van der Waals surface area (Å²) in [6.45, 7) is 6.58. The van der Waals surface area contributed by atoms with Gasteiger partial charge in [-0.3, -0.25) is 14.4 Å². The van der Waals surface area contributed by atoms with Crippen LogP contribution in [0.15, 0.2) is 54.6 Å². The summed E-state index contributed by atoms with van der Waals surface area (Å²) in [5.74, 6) is 0.556. The summed E-state index contributed by atoms with van der Waals surface area (Å²) < 4.78 is 10.8. The van der Waals surface area contributed by atoms with Gasteiger partial charge in [-0.2, -0.15) is 0 Å². The van der Waals surface area contributed by atoms with E-state index in [1.807, 2.05) is 75.4 Å². The van der Waals surface area contributed by atoms with Crippen molar-refractivity contribution in [3.63, 3.8) is 0 Å².